The van der Waals surface area contributed by atoms with Crippen molar-refractivity contribution in [2.24, 2.45) is 0 Å². The van der Waals surface area contributed by atoms with Crippen LogP contribution in [0, 0.1) is 6.92 Å². The molecular weight excluding hydrogens is 226 g/mol. The summed E-state index contributed by atoms with van der Waals surface area (Å²) < 4.78 is 5.68. The molecule has 0 bridgehead atoms. The summed E-state index contributed by atoms with van der Waals surface area (Å²) in [6, 6.07) is 8.31. The van der Waals surface area contributed by atoms with Crippen molar-refractivity contribution < 1.29 is 9.84 Å². The Morgan fingerprint density at radius 1 is 1.50 bits per heavy atom. The van der Waals surface area contributed by atoms with E-state index < -0.39 is 6.10 Å². The first kappa shape index (κ1) is 13.5. The summed E-state index contributed by atoms with van der Waals surface area (Å²) in [4.78, 5) is 2.33. The van der Waals surface area contributed by atoms with Crippen LogP contribution >= 0.6 is 0 Å². The number of hydrogen-bond donors (Lipinski definition) is 1. The van der Waals surface area contributed by atoms with Gasteiger partial charge >= 0.3 is 0 Å². The highest BCUT2D eigenvalue weighted by atomic mass is 16.5. The Labute approximate surface area is 109 Å². The monoisotopic (exact) mass is 249 g/mol. The van der Waals surface area contributed by atoms with Crippen molar-refractivity contribution in [3.8, 4) is 0 Å². The van der Waals surface area contributed by atoms with Crippen molar-refractivity contribution in [1.29, 1.82) is 0 Å². The Kier molecular flexibility index (Phi) is 4.75. The highest BCUT2D eigenvalue weighted by molar-refractivity contribution is 5.22. The molecule has 1 aromatic carbocycles. The summed E-state index contributed by atoms with van der Waals surface area (Å²) >= 11 is 0. The lowest BCUT2D eigenvalue weighted by Gasteiger charge is -2.34. The standard InChI is InChI=1S/C15H23NO2/c1-3-16-7-8-18-15(11-16)14(17)10-13-6-4-5-12(2)9-13/h4-6,9,14-15,17H,3,7-8,10-11H2,1-2H3. The van der Waals surface area contributed by atoms with Crippen molar-refractivity contribution in [2.75, 3.05) is 26.2 Å². The molecule has 2 rings (SSSR count). The van der Waals surface area contributed by atoms with Crippen LogP contribution in [0.4, 0.5) is 0 Å². The zero-order valence-electron chi connectivity index (χ0n) is 11.3. The molecule has 1 aliphatic heterocycles. The van der Waals surface area contributed by atoms with E-state index in [1.807, 2.05) is 6.07 Å². The number of aryl methyl sites for hydroxylation is 1. The van der Waals surface area contributed by atoms with E-state index in [9.17, 15) is 5.11 Å². The predicted octanol–water partition coefficient (Wildman–Crippen LogP) is 1.62. The Hall–Kier alpha value is -0.900. The number of morpholine rings is 1. The van der Waals surface area contributed by atoms with E-state index >= 15 is 0 Å². The molecule has 0 radical (unpaired) electrons. The van der Waals surface area contributed by atoms with Crippen LogP contribution in [0.25, 0.3) is 0 Å². The van der Waals surface area contributed by atoms with Gasteiger partial charge in [-0.2, -0.15) is 0 Å². The number of benzene rings is 1. The first-order valence-corrected chi connectivity index (χ1v) is 6.76. The van der Waals surface area contributed by atoms with E-state index in [2.05, 4.69) is 36.9 Å². The molecule has 0 aliphatic carbocycles. The van der Waals surface area contributed by atoms with Gasteiger partial charge in [0.05, 0.1) is 18.8 Å². The van der Waals surface area contributed by atoms with Gasteiger partial charge in [-0.25, -0.2) is 0 Å². The van der Waals surface area contributed by atoms with Crippen LogP contribution in [0.5, 0.6) is 0 Å². The number of likely N-dealkylation sites (N-methyl/N-ethyl adjacent to an activating group) is 1. The van der Waals surface area contributed by atoms with Crippen LogP contribution in [-0.2, 0) is 11.2 Å². The van der Waals surface area contributed by atoms with Crippen molar-refractivity contribution in [2.45, 2.75) is 32.5 Å². The predicted molar refractivity (Wildman–Crippen MR) is 72.7 cm³/mol. The lowest BCUT2D eigenvalue weighted by Crippen LogP contribution is -2.48. The van der Waals surface area contributed by atoms with Gasteiger partial charge < -0.3 is 9.84 Å². The second-order valence-corrected chi connectivity index (χ2v) is 5.06. The van der Waals surface area contributed by atoms with E-state index in [4.69, 9.17) is 4.74 Å². The maximum Gasteiger partial charge on any atom is 0.0964 e. The van der Waals surface area contributed by atoms with Crippen LogP contribution in [0.2, 0.25) is 0 Å². The minimum Gasteiger partial charge on any atom is -0.390 e. The smallest absolute Gasteiger partial charge is 0.0964 e. The van der Waals surface area contributed by atoms with Crippen molar-refractivity contribution >= 4 is 0 Å². The second-order valence-electron chi connectivity index (χ2n) is 5.06. The molecule has 1 heterocycles. The molecule has 2 unspecified atom stereocenters. The molecule has 0 spiro atoms. The molecular formula is C15H23NO2. The average molecular weight is 249 g/mol. The number of aliphatic hydroxyl groups excluding tert-OH is 1. The lowest BCUT2D eigenvalue weighted by atomic mass is 10.0. The normalized spacial score (nSPS) is 22.9. The maximum absolute atomic E-state index is 10.3. The molecule has 0 amide bonds. The Morgan fingerprint density at radius 2 is 2.33 bits per heavy atom. The molecule has 1 fully saturated rings. The number of rotatable bonds is 4. The minimum atomic E-state index is -0.416. The third-order valence-corrected chi connectivity index (χ3v) is 3.58. The van der Waals surface area contributed by atoms with Crippen molar-refractivity contribution in [3.63, 3.8) is 0 Å². The molecule has 1 N–H and O–H groups in total. The van der Waals surface area contributed by atoms with Gasteiger partial charge in [0.25, 0.3) is 0 Å². The van der Waals surface area contributed by atoms with Gasteiger partial charge in [0.2, 0.25) is 0 Å². The Bertz CT molecular complexity index is 381. The number of nitrogens with zero attached hydrogens (tertiary/aromatic N) is 1. The molecule has 2 atom stereocenters. The zero-order chi connectivity index (χ0) is 13.0. The van der Waals surface area contributed by atoms with E-state index in [1.54, 1.807) is 0 Å². The Balaban J connectivity index is 1.93. The van der Waals surface area contributed by atoms with Gasteiger partial charge in [-0.05, 0) is 19.0 Å². The summed E-state index contributed by atoms with van der Waals surface area (Å²) in [5.41, 5.74) is 2.42. The second kappa shape index (κ2) is 6.32. The van der Waals surface area contributed by atoms with Gasteiger partial charge in [-0.3, -0.25) is 4.90 Å². The zero-order valence-corrected chi connectivity index (χ0v) is 11.3. The quantitative estimate of drug-likeness (QED) is 0.880. The van der Waals surface area contributed by atoms with Crippen LogP contribution < -0.4 is 0 Å². The fourth-order valence-corrected chi connectivity index (χ4v) is 2.46. The fourth-order valence-electron chi connectivity index (χ4n) is 2.46. The molecule has 1 aromatic rings. The van der Waals surface area contributed by atoms with Crippen LogP contribution in [0.1, 0.15) is 18.1 Å². The van der Waals surface area contributed by atoms with Crippen molar-refractivity contribution in [1.82, 2.24) is 4.90 Å². The molecule has 100 valence electrons. The SMILES string of the molecule is CCN1CCOC(C(O)Cc2cccc(C)c2)C1. The first-order chi connectivity index (χ1) is 8.69. The summed E-state index contributed by atoms with van der Waals surface area (Å²) in [6.07, 6.45) is 0.199. The van der Waals surface area contributed by atoms with E-state index in [-0.39, 0.29) is 6.10 Å². The molecule has 0 aromatic heterocycles. The van der Waals surface area contributed by atoms with Crippen molar-refractivity contribution in [3.05, 3.63) is 35.4 Å². The summed E-state index contributed by atoms with van der Waals surface area (Å²) in [6.45, 7) is 7.79. The topological polar surface area (TPSA) is 32.7 Å². The molecule has 1 aliphatic rings. The van der Waals surface area contributed by atoms with E-state index in [0.717, 1.165) is 26.2 Å². The molecule has 18 heavy (non-hydrogen) atoms. The molecule has 3 nitrogen and oxygen atoms in total. The first-order valence-electron chi connectivity index (χ1n) is 6.76. The van der Waals surface area contributed by atoms with Gasteiger partial charge in [0.15, 0.2) is 0 Å². The summed E-state index contributed by atoms with van der Waals surface area (Å²) in [7, 11) is 0. The molecule has 0 saturated carbocycles. The number of ether oxygens (including phenoxy) is 1. The van der Waals surface area contributed by atoms with Crippen LogP contribution in [0.15, 0.2) is 24.3 Å². The fraction of sp³-hybridized carbons (Fsp3) is 0.600. The largest absolute Gasteiger partial charge is 0.390 e. The van der Waals surface area contributed by atoms with E-state index in [1.165, 1.54) is 11.1 Å². The van der Waals surface area contributed by atoms with Gasteiger partial charge in [0.1, 0.15) is 0 Å². The molecule has 3 heteroatoms. The Morgan fingerprint density at radius 3 is 3.06 bits per heavy atom. The summed E-state index contributed by atoms with van der Waals surface area (Å²) in [5, 5.41) is 10.3. The third kappa shape index (κ3) is 3.55. The van der Waals surface area contributed by atoms with Crippen LogP contribution in [-0.4, -0.2) is 48.5 Å². The van der Waals surface area contributed by atoms with Crippen LogP contribution in [0.3, 0.4) is 0 Å². The highest BCUT2D eigenvalue weighted by Crippen LogP contribution is 2.14. The lowest BCUT2D eigenvalue weighted by molar-refractivity contribution is -0.0867. The average Bonchev–Trinajstić information content (AvgIpc) is 2.39. The minimum absolute atomic E-state index is 0.0563. The molecule has 1 saturated heterocycles. The van der Waals surface area contributed by atoms with Gasteiger partial charge in [0, 0.05) is 19.5 Å². The highest BCUT2D eigenvalue weighted by Gasteiger charge is 2.26. The van der Waals surface area contributed by atoms with Gasteiger partial charge in [-0.1, -0.05) is 36.8 Å². The van der Waals surface area contributed by atoms with E-state index in [0.29, 0.717) is 6.42 Å². The summed E-state index contributed by atoms with van der Waals surface area (Å²) in [5.74, 6) is 0. The van der Waals surface area contributed by atoms with Gasteiger partial charge in [-0.15, -0.1) is 0 Å². The number of aliphatic hydroxyl groups is 1. The maximum atomic E-state index is 10.3. The third-order valence-electron chi connectivity index (χ3n) is 3.58. The number of hydrogen-bond acceptors (Lipinski definition) is 3.